The van der Waals surface area contributed by atoms with E-state index in [0.717, 1.165) is 33.0 Å². The number of carbonyl (C=O) groups is 1. The van der Waals surface area contributed by atoms with Gasteiger partial charge in [0.05, 0.1) is 12.1 Å². The molecule has 0 unspecified atom stereocenters. The van der Waals surface area contributed by atoms with Crippen LogP contribution in [0.25, 0.3) is 10.8 Å². The number of anilines is 1. The van der Waals surface area contributed by atoms with Crippen LogP contribution in [0, 0.1) is 13.8 Å². The van der Waals surface area contributed by atoms with Crippen LogP contribution in [0.3, 0.4) is 0 Å². The number of pyridine rings is 1. The minimum absolute atomic E-state index is 0.254. The Kier molecular flexibility index (Phi) is 6.21. The minimum atomic E-state index is -0.254. The van der Waals surface area contributed by atoms with Gasteiger partial charge in [0.25, 0.3) is 5.91 Å². The number of nitrogens with one attached hydrogen (secondary N) is 1. The molecule has 164 valence electrons. The first-order chi connectivity index (χ1) is 15.5. The van der Waals surface area contributed by atoms with Gasteiger partial charge in [-0.1, -0.05) is 24.3 Å². The van der Waals surface area contributed by atoms with Crippen molar-refractivity contribution in [3.05, 3.63) is 82.2 Å². The van der Waals surface area contributed by atoms with E-state index in [1.54, 1.807) is 12.4 Å². The third kappa shape index (κ3) is 4.64. The number of aliphatic imine (C=N–C) groups is 1. The van der Waals surface area contributed by atoms with Crippen LogP contribution in [0.5, 0.6) is 0 Å². The zero-order valence-corrected chi connectivity index (χ0v) is 18.6. The second-order valence-electron chi connectivity index (χ2n) is 8.38. The second-order valence-corrected chi connectivity index (χ2v) is 8.38. The van der Waals surface area contributed by atoms with Crippen molar-refractivity contribution in [3.63, 3.8) is 0 Å². The van der Waals surface area contributed by atoms with Crippen molar-refractivity contribution in [2.75, 3.05) is 5.73 Å². The average molecular weight is 428 g/mol. The number of benzene rings is 2. The number of carbonyl (C=O) groups excluding carboxylic acids is 1. The summed E-state index contributed by atoms with van der Waals surface area (Å²) in [4.78, 5) is 21.3. The number of aryl methyl sites for hydroxylation is 2. The molecule has 0 saturated heterocycles. The first-order valence-corrected chi connectivity index (χ1v) is 10.9. The monoisotopic (exact) mass is 427 g/mol. The fraction of sp³-hybridized carbons (Fsp3) is 0.269. The summed E-state index contributed by atoms with van der Waals surface area (Å²) in [5.74, 6) is 0.964. The summed E-state index contributed by atoms with van der Waals surface area (Å²) < 4.78 is 0. The van der Waals surface area contributed by atoms with E-state index in [2.05, 4.69) is 39.6 Å². The first kappa shape index (κ1) is 21.6. The highest BCUT2D eigenvalue weighted by Crippen LogP contribution is 2.40. The van der Waals surface area contributed by atoms with Crippen LogP contribution in [0.2, 0.25) is 0 Å². The highest BCUT2D eigenvalue weighted by atomic mass is 16.1. The molecule has 6 nitrogen and oxygen atoms in total. The molecule has 1 heterocycles. The Balaban J connectivity index is 1.41. The number of fused-ring (bicyclic) bond motifs is 1. The molecule has 5 N–H and O–H groups in total. The topological polar surface area (TPSA) is 106 Å². The lowest BCUT2D eigenvalue weighted by Crippen LogP contribution is -2.26. The Morgan fingerprint density at radius 1 is 1.22 bits per heavy atom. The molecule has 1 aliphatic rings. The molecule has 1 amide bonds. The van der Waals surface area contributed by atoms with Crippen LogP contribution < -0.4 is 16.8 Å². The van der Waals surface area contributed by atoms with E-state index in [0.29, 0.717) is 30.4 Å². The maximum Gasteiger partial charge on any atom is 0.254 e. The van der Waals surface area contributed by atoms with Gasteiger partial charge in [0.2, 0.25) is 0 Å². The molecule has 4 rings (SSSR count). The number of nitrogens with zero attached hydrogens (tertiary/aromatic N) is 2. The van der Waals surface area contributed by atoms with E-state index < -0.39 is 0 Å². The molecule has 1 aromatic heterocycles. The number of nitrogens with two attached hydrogens (primary N) is 2. The molecule has 0 aliphatic heterocycles. The van der Waals surface area contributed by atoms with Crippen LogP contribution in [0.15, 0.2) is 59.4 Å². The third-order valence-corrected chi connectivity index (χ3v) is 6.09. The summed E-state index contributed by atoms with van der Waals surface area (Å²) in [7, 11) is 0. The molecule has 3 aromatic rings. The second kappa shape index (κ2) is 9.22. The van der Waals surface area contributed by atoms with E-state index in [9.17, 15) is 4.79 Å². The molecule has 0 bridgehead atoms. The summed E-state index contributed by atoms with van der Waals surface area (Å²) in [6.07, 6.45) is 7.09. The maximum absolute atomic E-state index is 12.7. The van der Waals surface area contributed by atoms with Crippen molar-refractivity contribution in [1.82, 2.24) is 10.3 Å². The van der Waals surface area contributed by atoms with Crippen molar-refractivity contribution in [2.24, 2.45) is 10.7 Å². The first-order valence-electron chi connectivity index (χ1n) is 10.9. The Labute approximate surface area is 188 Å². The quantitative estimate of drug-likeness (QED) is 0.391. The molecule has 1 fully saturated rings. The van der Waals surface area contributed by atoms with Gasteiger partial charge in [-0.25, -0.2) is 4.98 Å². The van der Waals surface area contributed by atoms with Gasteiger partial charge in [-0.15, -0.1) is 0 Å². The Bertz CT molecular complexity index is 1220. The molecule has 32 heavy (non-hydrogen) atoms. The number of aromatic nitrogens is 1. The Hall–Kier alpha value is -3.67. The van der Waals surface area contributed by atoms with Crippen LogP contribution in [0.1, 0.15) is 46.6 Å². The largest absolute Gasteiger partial charge is 0.404 e. The Morgan fingerprint density at radius 3 is 2.78 bits per heavy atom. The van der Waals surface area contributed by atoms with Crippen molar-refractivity contribution in [1.29, 1.82) is 0 Å². The highest BCUT2D eigenvalue weighted by Gasteiger charge is 2.23. The summed E-state index contributed by atoms with van der Waals surface area (Å²) in [5, 5.41) is 4.93. The molecule has 1 saturated carbocycles. The van der Waals surface area contributed by atoms with Crippen molar-refractivity contribution in [3.8, 4) is 0 Å². The number of amides is 1. The lowest BCUT2D eigenvalue weighted by molar-refractivity contribution is -0.117. The number of nitrogen functional groups attached to an aromatic ring is 1. The SMILES string of the molecule is Cc1cc2c(N)nccc2c(C)c1CNC(=O)/C(C=NCc1cccc(C2CC2)c1)=C/N. The fourth-order valence-corrected chi connectivity index (χ4v) is 4.06. The predicted octanol–water partition coefficient (Wildman–Crippen LogP) is 4.04. The number of hydrogen-bond acceptors (Lipinski definition) is 5. The number of rotatable bonds is 7. The standard InChI is InChI=1S/C26H29N5O/c1-16-10-23-22(8-9-30-25(23)28)17(2)24(16)15-31-26(32)21(12-27)14-29-13-18-4-3-5-20(11-18)19-6-7-19/h3-5,8-12,14,19H,6-7,13,15,27H2,1-2H3,(H2,28,30)(H,31,32)/b21-12+,29-14?. The van der Waals surface area contributed by atoms with Gasteiger partial charge in [-0.2, -0.15) is 0 Å². The lowest BCUT2D eigenvalue weighted by atomic mass is 9.96. The van der Waals surface area contributed by atoms with E-state index >= 15 is 0 Å². The fourth-order valence-electron chi connectivity index (χ4n) is 4.06. The number of hydrogen-bond donors (Lipinski definition) is 3. The zero-order valence-electron chi connectivity index (χ0n) is 18.6. The zero-order chi connectivity index (χ0) is 22.7. The molecule has 6 heteroatoms. The molecular formula is C26H29N5O. The summed E-state index contributed by atoms with van der Waals surface area (Å²) in [6.45, 7) is 4.96. The van der Waals surface area contributed by atoms with Crippen molar-refractivity contribution < 1.29 is 4.79 Å². The van der Waals surface area contributed by atoms with Gasteiger partial charge >= 0.3 is 0 Å². The van der Waals surface area contributed by atoms with Crippen LogP contribution in [-0.4, -0.2) is 17.1 Å². The van der Waals surface area contributed by atoms with E-state index in [4.69, 9.17) is 11.5 Å². The molecule has 1 aliphatic carbocycles. The maximum atomic E-state index is 12.7. The van der Waals surface area contributed by atoms with Gasteiger partial charge in [0.15, 0.2) is 0 Å². The summed E-state index contributed by atoms with van der Waals surface area (Å²) in [5.41, 5.74) is 17.8. The van der Waals surface area contributed by atoms with Gasteiger partial charge in [0, 0.05) is 30.5 Å². The molecular weight excluding hydrogens is 398 g/mol. The molecule has 0 spiro atoms. The Morgan fingerprint density at radius 2 is 2.03 bits per heavy atom. The van der Waals surface area contributed by atoms with Crippen molar-refractivity contribution >= 4 is 28.7 Å². The lowest BCUT2D eigenvalue weighted by Gasteiger charge is -2.15. The molecule has 0 atom stereocenters. The van der Waals surface area contributed by atoms with Crippen LogP contribution in [0.4, 0.5) is 5.82 Å². The van der Waals surface area contributed by atoms with Gasteiger partial charge in [-0.05, 0) is 77.9 Å². The van der Waals surface area contributed by atoms with Gasteiger partial charge < -0.3 is 16.8 Å². The van der Waals surface area contributed by atoms with Crippen LogP contribution in [-0.2, 0) is 17.9 Å². The summed E-state index contributed by atoms with van der Waals surface area (Å²) in [6, 6.07) is 12.5. The van der Waals surface area contributed by atoms with E-state index in [1.165, 1.54) is 24.6 Å². The normalized spacial score (nSPS) is 14.2. The smallest absolute Gasteiger partial charge is 0.254 e. The molecule has 0 radical (unpaired) electrons. The van der Waals surface area contributed by atoms with Gasteiger partial charge in [-0.3, -0.25) is 9.79 Å². The van der Waals surface area contributed by atoms with E-state index in [-0.39, 0.29) is 5.91 Å². The summed E-state index contributed by atoms with van der Waals surface area (Å²) >= 11 is 0. The average Bonchev–Trinajstić information content (AvgIpc) is 3.63. The van der Waals surface area contributed by atoms with Gasteiger partial charge in [0.1, 0.15) is 5.82 Å². The van der Waals surface area contributed by atoms with Crippen molar-refractivity contribution in [2.45, 2.75) is 45.7 Å². The predicted molar refractivity (Wildman–Crippen MR) is 130 cm³/mol. The third-order valence-electron chi connectivity index (χ3n) is 6.09. The highest BCUT2D eigenvalue weighted by molar-refractivity contribution is 6.12. The molecule has 2 aromatic carbocycles. The van der Waals surface area contributed by atoms with Crippen LogP contribution >= 0.6 is 0 Å². The minimum Gasteiger partial charge on any atom is -0.404 e. The van der Waals surface area contributed by atoms with E-state index in [1.807, 2.05) is 26.0 Å².